The Hall–Kier alpha value is -1.13. The Morgan fingerprint density at radius 3 is 3.00 bits per heavy atom. The molecule has 0 aromatic carbocycles. The molecular formula is C15H24N2O2. The summed E-state index contributed by atoms with van der Waals surface area (Å²) >= 11 is 0. The van der Waals surface area contributed by atoms with Crippen molar-refractivity contribution in [1.82, 2.24) is 10.3 Å². The van der Waals surface area contributed by atoms with Crippen molar-refractivity contribution in [2.24, 2.45) is 5.92 Å². The molecule has 4 heteroatoms. The van der Waals surface area contributed by atoms with Crippen LogP contribution in [0.5, 0.6) is 5.75 Å². The molecule has 0 saturated carbocycles. The first-order valence-corrected chi connectivity index (χ1v) is 7.05. The molecular weight excluding hydrogens is 240 g/mol. The SMILES string of the molecule is Cc1ccc(OCC2CCOC2)c(CNC(C)C)n1. The highest BCUT2D eigenvalue weighted by atomic mass is 16.5. The van der Waals surface area contributed by atoms with Gasteiger partial charge in [-0.05, 0) is 25.5 Å². The summed E-state index contributed by atoms with van der Waals surface area (Å²) in [6, 6.07) is 4.47. The van der Waals surface area contributed by atoms with Crippen LogP contribution in [0.2, 0.25) is 0 Å². The standard InChI is InChI=1S/C15H24N2O2/c1-11(2)16-8-14-15(5-4-12(3)17-14)19-10-13-6-7-18-9-13/h4-5,11,13,16H,6-10H2,1-3H3. The lowest BCUT2D eigenvalue weighted by atomic mass is 10.1. The van der Waals surface area contributed by atoms with E-state index < -0.39 is 0 Å². The molecule has 2 heterocycles. The van der Waals surface area contributed by atoms with Crippen LogP contribution in [0.3, 0.4) is 0 Å². The first-order chi connectivity index (χ1) is 9.15. The predicted molar refractivity (Wildman–Crippen MR) is 75.4 cm³/mol. The molecule has 0 radical (unpaired) electrons. The molecule has 1 unspecified atom stereocenters. The quantitative estimate of drug-likeness (QED) is 0.856. The second-order valence-electron chi connectivity index (χ2n) is 5.47. The minimum atomic E-state index is 0.443. The van der Waals surface area contributed by atoms with E-state index in [4.69, 9.17) is 9.47 Å². The Morgan fingerprint density at radius 2 is 2.32 bits per heavy atom. The third-order valence-corrected chi connectivity index (χ3v) is 3.25. The summed E-state index contributed by atoms with van der Waals surface area (Å²) in [5.74, 6) is 1.41. The molecule has 1 aromatic heterocycles. The zero-order valence-electron chi connectivity index (χ0n) is 12.1. The van der Waals surface area contributed by atoms with Gasteiger partial charge in [-0.2, -0.15) is 0 Å². The molecule has 1 fully saturated rings. The van der Waals surface area contributed by atoms with E-state index in [-0.39, 0.29) is 0 Å². The highest BCUT2D eigenvalue weighted by molar-refractivity contribution is 5.29. The maximum Gasteiger partial charge on any atom is 0.142 e. The first-order valence-electron chi connectivity index (χ1n) is 7.05. The van der Waals surface area contributed by atoms with Crippen LogP contribution in [0.15, 0.2) is 12.1 Å². The molecule has 1 saturated heterocycles. The van der Waals surface area contributed by atoms with Crippen molar-refractivity contribution in [3.05, 3.63) is 23.5 Å². The van der Waals surface area contributed by atoms with E-state index in [1.165, 1.54) is 0 Å². The minimum absolute atomic E-state index is 0.443. The largest absolute Gasteiger partial charge is 0.491 e. The zero-order chi connectivity index (χ0) is 13.7. The highest BCUT2D eigenvalue weighted by Gasteiger charge is 2.17. The van der Waals surface area contributed by atoms with Crippen LogP contribution in [0.1, 0.15) is 31.7 Å². The Bertz CT molecular complexity index is 401. The van der Waals surface area contributed by atoms with Crippen molar-refractivity contribution in [3.8, 4) is 5.75 Å². The van der Waals surface area contributed by atoms with Crippen LogP contribution in [-0.2, 0) is 11.3 Å². The second-order valence-corrected chi connectivity index (χ2v) is 5.47. The van der Waals surface area contributed by atoms with Gasteiger partial charge in [0.05, 0.1) is 18.9 Å². The predicted octanol–water partition coefficient (Wildman–Crippen LogP) is 2.30. The number of hydrogen-bond acceptors (Lipinski definition) is 4. The summed E-state index contributed by atoms with van der Waals surface area (Å²) in [7, 11) is 0. The van der Waals surface area contributed by atoms with Gasteiger partial charge in [0, 0.05) is 30.8 Å². The Labute approximate surface area is 115 Å². The molecule has 1 aliphatic heterocycles. The number of pyridine rings is 1. The number of nitrogens with zero attached hydrogens (tertiary/aromatic N) is 1. The molecule has 0 bridgehead atoms. The van der Waals surface area contributed by atoms with E-state index in [1.54, 1.807) is 0 Å². The van der Waals surface area contributed by atoms with E-state index in [0.29, 0.717) is 12.0 Å². The fourth-order valence-electron chi connectivity index (χ4n) is 2.08. The molecule has 4 nitrogen and oxygen atoms in total. The van der Waals surface area contributed by atoms with Crippen molar-refractivity contribution in [2.45, 2.75) is 39.8 Å². The summed E-state index contributed by atoms with van der Waals surface area (Å²) in [5.41, 5.74) is 2.02. The topological polar surface area (TPSA) is 43.4 Å². The maximum atomic E-state index is 5.93. The van der Waals surface area contributed by atoms with E-state index in [2.05, 4.69) is 24.1 Å². The number of nitrogens with one attached hydrogen (secondary N) is 1. The summed E-state index contributed by atoms with van der Waals surface area (Å²) in [6.07, 6.45) is 1.10. The molecule has 2 rings (SSSR count). The molecule has 1 atom stereocenters. The molecule has 0 amide bonds. The third-order valence-electron chi connectivity index (χ3n) is 3.25. The lowest BCUT2D eigenvalue weighted by Gasteiger charge is -2.15. The van der Waals surface area contributed by atoms with Gasteiger partial charge in [0.2, 0.25) is 0 Å². The molecule has 1 N–H and O–H groups in total. The number of hydrogen-bond donors (Lipinski definition) is 1. The van der Waals surface area contributed by atoms with Gasteiger partial charge in [-0.15, -0.1) is 0 Å². The lowest BCUT2D eigenvalue weighted by molar-refractivity contribution is 0.166. The number of aromatic nitrogens is 1. The van der Waals surface area contributed by atoms with Crippen LogP contribution in [0.25, 0.3) is 0 Å². The average molecular weight is 264 g/mol. The fraction of sp³-hybridized carbons (Fsp3) is 0.667. The molecule has 0 aliphatic carbocycles. The number of rotatable bonds is 6. The normalized spacial score (nSPS) is 19.1. The van der Waals surface area contributed by atoms with Crippen molar-refractivity contribution in [3.63, 3.8) is 0 Å². The van der Waals surface area contributed by atoms with Gasteiger partial charge in [-0.1, -0.05) is 13.8 Å². The van der Waals surface area contributed by atoms with Gasteiger partial charge < -0.3 is 14.8 Å². The number of aryl methyl sites for hydroxylation is 1. The smallest absolute Gasteiger partial charge is 0.142 e. The van der Waals surface area contributed by atoms with Crippen LogP contribution in [0, 0.1) is 12.8 Å². The lowest BCUT2D eigenvalue weighted by Crippen LogP contribution is -2.23. The van der Waals surface area contributed by atoms with E-state index in [1.807, 2.05) is 19.1 Å². The van der Waals surface area contributed by atoms with Crippen LogP contribution >= 0.6 is 0 Å². The van der Waals surface area contributed by atoms with Crippen LogP contribution in [-0.4, -0.2) is 30.8 Å². The van der Waals surface area contributed by atoms with Gasteiger partial charge in [0.25, 0.3) is 0 Å². The average Bonchev–Trinajstić information content (AvgIpc) is 2.88. The molecule has 0 spiro atoms. The first kappa shape index (κ1) is 14.3. The summed E-state index contributed by atoms with van der Waals surface area (Å²) in [6.45, 7) is 9.42. The fourth-order valence-corrected chi connectivity index (χ4v) is 2.08. The van der Waals surface area contributed by atoms with E-state index in [9.17, 15) is 0 Å². The van der Waals surface area contributed by atoms with Gasteiger partial charge in [-0.3, -0.25) is 4.98 Å². The van der Waals surface area contributed by atoms with Crippen LogP contribution in [0.4, 0.5) is 0 Å². The van der Waals surface area contributed by atoms with E-state index >= 15 is 0 Å². The van der Waals surface area contributed by atoms with Crippen molar-refractivity contribution in [2.75, 3.05) is 19.8 Å². The molecule has 1 aromatic rings. The van der Waals surface area contributed by atoms with Gasteiger partial charge >= 0.3 is 0 Å². The molecule has 19 heavy (non-hydrogen) atoms. The Morgan fingerprint density at radius 1 is 1.47 bits per heavy atom. The Kier molecular flexibility index (Phi) is 5.16. The summed E-state index contributed by atoms with van der Waals surface area (Å²) in [4.78, 5) is 4.57. The number of ether oxygens (including phenoxy) is 2. The van der Waals surface area contributed by atoms with Crippen molar-refractivity contribution >= 4 is 0 Å². The summed E-state index contributed by atoms with van der Waals surface area (Å²) in [5, 5.41) is 3.39. The second kappa shape index (κ2) is 6.87. The monoisotopic (exact) mass is 264 g/mol. The molecule has 106 valence electrons. The van der Waals surface area contributed by atoms with E-state index in [0.717, 1.165) is 49.9 Å². The van der Waals surface area contributed by atoms with Gasteiger partial charge in [-0.25, -0.2) is 0 Å². The maximum absolute atomic E-state index is 5.93. The zero-order valence-corrected chi connectivity index (χ0v) is 12.1. The van der Waals surface area contributed by atoms with Crippen molar-refractivity contribution < 1.29 is 9.47 Å². The highest BCUT2D eigenvalue weighted by Crippen LogP contribution is 2.20. The third kappa shape index (κ3) is 4.48. The Balaban J connectivity index is 1.96. The minimum Gasteiger partial charge on any atom is -0.491 e. The van der Waals surface area contributed by atoms with Gasteiger partial charge in [0.15, 0.2) is 0 Å². The van der Waals surface area contributed by atoms with Crippen molar-refractivity contribution in [1.29, 1.82) is 0 Å². The summed E-state index contributed by atoms with van der Waals surface area (Å²) < 4.78 is 11.3. The van der Waals surface area contributed by atoms with Gasteiger partial charge in [0.1, 0.15) is 5.75 Å². The van der Waals surface area contributed by atoms with Crippen LogP contribution < -0.4 is 10.1 Å². The molecule has 1 aliphatic rings.